The monoisotopic (exact) mass is 268 g/mol. The summed E-state index contributed by atoms with van der Waals surface area (Å²) in [7, 11) is 3.61. The number of hydrogen-bond acceptors (Lipinski definition) is 4. The van der Waals surface area contributed by atoms with Crippen molar-refractivity contribution in [3.63, 3.8) is 0 Å². The normalized spacial score (nSPS) is 11.9. The van der Waals surface area contributed by atoms with Gasteiger partial charge in [-0.1, -0.05) is 0 Å². The highest BCUT2D eigenvalue weighted by Crippen LogP contribution is 1.90. The summed E-state index contributed by atoms with van der Waals surface area (Å²) >= 11 is 0. The molecular weight excluding hydrogens is 244 g/mol. The molecular formula is C12H24N6O. The van der Waals surface area contributed by atoms with Crippen LogP contribution in [-0.2, 0) is 18.3 Å². The third kappa shape index (κ3) is 6.19. The predicted molar refractivity (Wildman–Crippen MR) is 74.9 cm³/mol. The van der Waals surface area contributed by atoms with Crippen molar-refractivity contribution in [1.82, 2.24) is 25.4 Å². The van der Waals surface area contributed by atoms with Gasteiger partial charge >= 0.3 is 0 Å². The molecule has 0 fully saturated rings. The van der Waals surface area contributed by atoms with E-state index in [-0.39, 0.29) is 6.10 Å². The minimum atomic E-state index is 0.286. The first-order chi connectivity index (χ1) is 9.13. The van der Waals surface area contributed by atoms with E-state index in [1.165, 1.54) is 6.33 Å². The zero-order valence-electron chi connectivity index (χ0n) is 12.2. The van der Waals surface area contributed by atoms with E-state index in [9.17, 15) is 0 Å². The lowest BCUT2D eigenvalue weighted by molar-refractivity contribution is 0.0776. The molecule has 0 aliphatic heterocycles. The third-order valence-electron chi connectivity index (χ3n) is 2.51. The molecule has 1 aromatic rings. The maximum absolute atomic E-state index is 5.47. The summed E-state index contributed by atoms with van der Waals surface area (Å²) < 4.78 is 7.20. The minimum Gasteiger partial charge on any atom is -0.379 e. The maximum atomic E-state index is 5.47. The second-order valence-electron chi connectivity index (χ2n) is 4.43. The summed E-state index contributed by atoms with van der Waals surface area (Å²) in [4.78, 5) is 8.28. The minimum absolute atomic E-state index is 0.286. The van der Waals surface area contributed by atoms with E-state index in [0.717, 1.165) is 31.4 Å². The fourth-order valence-corrected chi connectivity index (χ4v) is 1.46. The average molecular weight is 268 g/mol. The fourth-order valence-electron chi connectivity index (χ4n) is 1.46. The van der Waals surface area contributed by atoms with E-state index in [1.807, 2.05) is 20.9 Å². The van der Waals surface area contributed by atoms with E-state index in [4.69, 9.17) is 4.74 Å². The molecule has 7 nitrogen and oxygen atoms in total. The summed E-state index contributed by atoms with van der Waals surface area (Å²) in [5, 5.41) is 10.4. The van der Waals surface area contributed by atoms with Gasteiger partial charge in [-0.25, -0.2) is 4.98 Å². The van der Waals surface area contributed by atoms with Crippen LogP contribution in [0.4, 0.5) is 0 Å². The molecule has 0 atom stereocenters. The van der Waals surface area contributed by atoms with Gasteiger partial charge in [0.2, 0.25) is 0 Å². The number of nitrogens with zero attached hydrogens (tertiary/aromatic N) is 4. The molecule has 108 valence electrons. The molecule has 0 radical (unpaired) electrons. The van der Waals surface area contributed by atoms with Crippen LogP contribution in [0.3, 0.4) is 0 Å². The molecule has 0 unspecified atom stereocenters. The Hall–Kier alpha value is -1.63. The van der Waals surface area contributed by atoms with Crippen LogP contribution in [-0.4, -0.2) is 47.0 Å². The van der Waals surface area contributed by atoms with Gasteiger partial charge in [0, 0.05) is 27.2 Å². The van der Waals surface area contributed by atoms with Crippen molar-refractivity contribution in [2.24, 2.45) is 12.0 Å². The topological polar surface area (TPSA) is 76.4 Å². The molecule has 0 saturated heterocycles. The molecule has 0 aromatic carbocycles. The highest BCUT2D eigenvalue weighted by Gasteiger charge is 2.02. The molecule has 1 rings (SSSR count). The Labute approximate surface area is 114 Å². The lowest BCUT2D eigenvalue weighted by Crippen LogP contribution is -2.38. The van der Waals surface area contributed by atoms with E-state index in [0.29, 0.717) is 6.54 Å². The van der Waals surface area contributed by atoms with Crippen molar-refractivity contribution in [2.75, 3.05) is 20.2 Å². The second kappa shape index (κ2) is 8.47. The van der Waals surface area contributed by atoms with Crippen LogP contribution in [0.2, 0.25) is 0 Å². The summed E-state index contributed by atoms with van der Waals surface area (Å²) in [6.07, 6.45) is 2.77. The Balaban J connectivity index is 2.18. The van der Waals surface area contributed by atoms with Crippen LogP contribution < -0.4 is 10.6 Å². The Morgan fingerprint density at radius 1 is 1.47 bits per heavy atom. The number of nitrogens with one attached hydrogen (secondary N) is 2. The molecule has 0 spiro atoms. The first kappa shape index (κ1) is 15.4. The summed E-state index contributed by atoms with van der Waals surface area (Å²) in [6.45, 7) is 6.25. The largest absolute Gasteiger partial charge is 0.379 e. The molecule has 0 bridgehead atoms. The molecule has 0 aliphatic rings. The van der Waals surface area contributed by atoms with E-state index in [1.54, 1.807) is 11.7 Å². The molecule has 0 amide bonds. The van der Waals surface area contributed by atoms with Gasteiger partial charge in [0.15, 0.2) is 5.96 Å². The number of aromatic nitrogens is 3. The number of hydrogen-bond donors (Lipinski definition) is 2. The number of rotatable bonds is 7. The number of aliphatic imine (C=N–C) groups is 1. The van der Waals surface area contributed by atoms with Gasteiger partial charge < -0.3 is 15.4 Å². The Bertz CT molecular complexity index is 387. The molecule has 1 aromatic heterocycles. The molecule has 2 N–H and O–H groups in total. The molecule has 1 heterocycles. The Morgan fingerprint density at radius 2 is 2.26 bits per heavy atom. The van der Waals surface area contributed by atoms with Gasteiger partial charge in [0.05, 0.1) is 12.6 Å². The number of ether oxygens (including phenoxy) is 1. The first-order valence-corrected chi connectivity index (χ1v) is 6.52. The van der Waals surface area contributed by atoms with Crippen molar-refractivity contribution in [1.29, 1.82) is 0 Å². The van der Waals surface area contributed by atoms with Crippen LogP contribution in [0.5, 0.6) is 0 Å². The van der Waals surface area contributed by atoms with Crippen LogP contribution in [0.25, 0.3) is 0 Å². The number of guanidine groups is 1. The SMILES string of the molecule is CN=C(NCCCOC(C)C)NCc1ncnn1C. The summed E-state index contributed by atoms with van der Waals surface area (Å²) in [5.41, 5.74) is 0. The van der Waals surface area contributed by atoms with Gasteiger partial charge in [-0.15, -0.1) is 0 Å². The first-order valence-electron chi connectivity index (χ1n) is 6.52. The Morgan fingerprint density at radius 3 is 2.84 bits per heavy atom. The number of aryl methyl sites for hydroxylation is 1. The molecule has 0 aliphatic carbocycles. The third-order valence-corrected chi connectivity index (χ3v) is 2.51. The highest BCUT2D eigenvalue weighted by molar-refractivity contribution is 5.79. The van der Waals surface area contributed by atoms with Crippen LogP contribution >= 0.6 is 0 Å². The summed E-state index contributed by atoms with van der Waals surface area (Å²) in [5.74, 6) is 1.62. The zero-order valence-corrected chi connectivity index (χ0v) is 12.2. The smallest absolute Gasteiger partial charge is 0.191 e. The Kier molecular flexibility index (Phi) is 6.88. The van der Waals surface area contributed by atoms with Crippen molar-refractivity contribution in [3.8, 4) is 0 Å². The van der Waals surface area contributed by atoms with Gasteiger partial charge in [-0.2, -0.15) is 5.10 Å². The van der Waals surface area contributed by atoms with E-state index in [2.05, 4.69) is 25.7 Å². The quantitative estimate of drug-likeness (QED) is 0.422. The standard InChI is InChI=1S/C12H24N6O/c1-10(2)19-7-5-6-14-12(13-3)15-8-11-16-9-17-18(11)4/h9-10H,5-8H2,1-4H3,(H2,13,14,15). The average Bonchev–Trinajstić information content (AvgIpc) is 2.78. The van der Waals surface area contributed by atoms with Crippen LogP contribution in [0.15, 0.2) is 11.3 Å². The molecule has 7 heteroatoms. The van der Waals surface area contributed by atoms with Crippen molar-refractivity contribution in [2.45, 2.75) is 32.9 Å². The zero-order chi connectivity index (χ0) is 14.1. The van der Waals surface area contributed by atoms with Crippen molar-refractivity contribution in [3.05, 3.63) is 12.2 Å². The van der Waals surface area contributed by atoms with Crippen molar-refractivity contribution >= 4 is 5.96 Å². The van der Waals surface area contributed by atoms with E-state index >= 15 is 0 Å². The lowest BCUT2D eigenvalue weighted by atomic mass is 10.4. The van der Waals surface area contributed by atoms with Gasteiger partial charge in [0.1, 0.15) is 12.2 Å². The van der Waals surface area contributed by atoms with Crippen LogP contribution in [0.1, 0.15) is 26.1 Å². The molecule has 19 heavy (non-hydrogen) atoms. The summed E-state index contributed by atoms with van der Waals surface area (Å²) in [6, 6.07) is 0. The maximum Gasteiger partial charge on any atom is 0.191 e. The van der Waals surface area contributed by atoms with Crippen LogP contribution in [0, 0.1) is 0 Å². The van der Waals surface area contributed by atoms with Gasteiger partial charge in [-0.05, 0) is 20.3 Å². The predicted octanol–water partition coefficient (Wildman–Crippen LogP) is 0.295. The van der Waals surface area contributed by atoms with Gasteiger partial charge in [0.25, 0.3) is 0 Å². The fraction of sp³-hybridized carbons (Fsp3) is 0.750. The second-order valence-corrected chi connectivity index (χ2v) is 4.43. The van der Waals surface area contributed by atoms with Gasteiger partial charge in [-0.3, -0.25) is 9.67 Å². The lowest BCUT2D eigenvalue weighted by Gasteiger charge is -2.12. The highest BCUT2D eigenvalue weighted by atomic mass is 16.5. The molecule has 0 saturated carbocycles. The van der Waals surface area contributed by atoms with E-state index < -0.39 is 0 Å². The van der Waals surface area contributed by atoms with Crippen molar-refractivity contribution < 1.29 is 4.74 Å².